The van der Waals surface area contributed by atoms with Gasteiger partial charge in [0, 0.05) is 0 Å². The fourth-order valence-corrected chi connectivity index (χ4v) is 3.57. The summed E-state index contributed by atoms with van der Waals surface area (Å²) in [6.07, 6.45) is 0. The van der Waals surface area contributed by atoms with Crippen molar-refractivity contribution in [2.24, 2.45) is 0 Å². The second-order valence-corrected chi connectivity index (χ2v) is 7.48. The molecule has 1 aromatic carbocycles. The third kappa shape index (κ3) is 6.20. The van der Waals surface area contributed by atoms with E-state index in [-0.39, 0.29) is 31.5 Å². The van der Waals surface area contributed by atoms with Crippen molar-refractivity contribution in [1.29, 1.82) is 0 Å². The predicted molar refractivity (Wildman–Crippen MR) is 111 cm³/mol. The number of ether oxygens (including phenoxy) is 1. The molecular formula is C18H19Cl2N3O4S. The van der Waals surface area contributed by atoms with E-state index in [1.54, 1.807) is 43.6 Å². The van der Waals surface area contributed by atoms with Crippen LogP contribution in [0.1, 0.15) is 17.3 Å². The van der Waals surface area contributed by atoms with Crippen LogP contribution in [0, 0.1) is 0 Å². The second-order valence-electron chi connectivity index (χ2n) is 5.75. The van der Waals surface area contributed by atoms with Gasteiger partial charge in [0.05, 0.1) is 41.0 Å². The highest BCUT2D eigenvalue weighted by Gasteiger charge is 2.18. The number of carbonyl (C=O) groups excluding carboxylic acids is 3. The summed E-state index contributed by atoms with van der Waals surface area (Å²) in [6.45, 7) is 1.85. The van der Waals surface area contributed by atoms with Gasteiger partial charge in [0.15, 0.2) is 0 Å². The van der Waals surface area contributed by atoms with Crippen molar-refractivity contribution in [2.45, 2.75) is 6.92 Å². The highest BCUT2D eigenvalue weighted by atomic mass is 35.5. The first-order valence-electron chi connectivity index (χ1n) is 8.28. The molecule has 0 radical (unpaired) electrons. The average Bonchev–Trinajstić information content (AvgIpc) is 3.06. The third-order valence-electron chi connectivity index (χ3n) is 3.47. The minimum atomic E-state index is -0.497. The fraction of sp³-hybridized carbons (Fsp3) is 0.278. The first-order valence-corrected chi connectivity index (χ1v) is 9.92. The number of halogens is 2. The van der Waals surface area contributed by atoms with Gasteiger partial charge in [-0.05, 0) is 37.6 Å². The van der Waals surface area contributed by atoms with Crippen LogP contribution in [0.5, 0.6) is 0 Å². The van der Waals surface area contributed by atoms with Crippen molar-refractivity contribution < 1.29 is 19.1 Å². The summed E-state index contributed by atoms with van der Waals surface area (Å²) < 4.78 is 4.95. The van der Waals surface area contributed by atoms with Crippen molar-refractivity contribution in [1.82, 2.24) is 4.90 Å². The van der Waals surface area contributed by atoms with Crippen molar-refractivity contribution in [3.05, 3.63) is 45.3 Å². The molecule has 1 heterocycles. The zero-order valence-corrected chi connectivity index (χ0v) is 17.6. The molecule has 28 heavy (non-hydrogen) atoms. The highest BCUT2D eigenvalue weighted by Crippen LogP contribution is 2.29. The maximum Gasteiger partial charge on any atom is 0.341 e. The van der Waals surface area contributed by atoms with Crippen LogP contribution in [0.3, 0.4) is 0 Å². The van der Waals surface area contributed by atoms with E-state index in [0.717, 1.165) is 0 Å². The topological polar surface area (TPSA) is 87.7 Å². The summed E-state index contributed by atoms with van der Waals surface area (Å²) in [6, 6.07) is 6.49. The van der Waals surface area contributed by atoms with E-state index in [1.165, 1.54) is 16.2 Å². The maximum atomic E-state index is 12.2. The molecule has 0 saturated heterocycles. The van der Waals surface area contributed by atoms with E-state index in [0.29, 0.717) is 26.3 Å². The van der Waals surface area contributed by atoms with Gasteiger partial charge in [0.1, 0.15) is 5.00 Å². The van der Waals surface area contributed by atoms with Crippen molar-refractivity contribution in [2.75, 3.05) is 37.4 Å². The summed E-state index contributed by atoms with van der Waals surface area (Å²) in [5.74, 6) is -1.23. The van der Waals surface area contributed by atoms with Crippen LogP contribution in [0.4, 0.5) is 10.7 Å². The second kappa shape index (κ2) is 10.4. The number of para-hydroxylation sites is 1. The molecule has 2 rings (SSSR count). The molecule has 2 N–H and O–H groups in total. The van der Waals surface area contributed by atoms with Crippen molar-refractivity contribution >= 4 is 63.0 Å². The minimum absolute atomic E-state index is 0.0514. The van der Waals surface area contributed by atoms with E-state index in [4.69, 9.17) is 27.9 Å². The zero-order valence-electron chi connectivity index (χ0n) is 15.3. The Balaban J connectivity index is 1.88. The lowest BCUT2D eigenvalue weighted by atomic mass is 10.3. The average molecular weight is 444 g/mol. The number of amides is 2. The summed E-state index contributed by atoms with van der Waals surface area (Å²) >= 11 is 13.3. The number of likely N-dealkylation sites (N-methyl/N-ethyl adjacent to an activating group) is 1. The first kappa shape index (κ1) is 22.2. The number of anilines is 2. The molecule has 10 heteroatoms. The molecule has 0 fully saturated rings. The lowest BCUT2D eigenvalue weighted by molar-refractivity contribution is -0.119. The van der Waals surface area contributed by atoms with E-state index >= 15 is 0 Å². The Kier molecular flexibility index (Phi) is 8.25. The highest BCUT2D eigenvalue weighted by molar-refractivity contribution is 7.14. The Morgan fingerprint density at radius 3 is 2.29 bits per heavy atom. The van der Waals surface area contributed by atoms with Crippen LogP contribution < -0.4 is 10.6 Å². The molecule has 1 aromatic heterocycles. The zero-order chi connectivity index (χ0) is 20.7. The van der Waals surface area contributed by atoms with Crippen LogP contribution in [-0.2, 0) is 14.3 Å². The van der Waals surface area contributed by atoms with E-state index in [2.05, 4.69) is 10.6 Å². The molecule has 0 unspecified atom stereocenters. The number of rotatable bonds is 8. The van der Waals surface area contributed by atoms with Gasteiger partial charge in [-0.2, -0.15) is 0 Å². The SMILES string of the molecule is CCOC(=O)c1ccsc1NC(=O)CN(C)CC(=O)Nc1c(Cl)cccc1Cl. The molecule has 0 atom stereocenters. The van der Waals surface area contributed by atoms with E-state index in [1.807, 2.05) is 0 Å². The van der Waals surface area contributed by atoms with Gasteiger partial charge in [-0.3, -0.25) is 14.5 Å². The molecule has 0 aliphatic carbocycles. The number of hydrogen-bond donors (Lipinski definition) is 2. The number of nitrogens with one attached hydrogen (secondary N) is 2. The summed E-state index contributed by atoms with van der Waals surface area (Å²) in [5.41, 5.74) is 0.625. The Morgan fingerprint density at radius 1 is 1.07 bits per heavy atom. The number of benzene rings is 1. The number of esters is 1. The predicted octanol–water partition coefficient (Wildman–Crippen LogP) is 3.74. The first-order chi connectivity index (χ1) is 13.3. The lowest BCUT2D eigenvalue weighted by Gasteiger charge is -2.16. The van der Waals surface area contributed by atoms with Crippen LogP contribution in [0.2, 0.25) is 10.0 Å². The molecule has 0 aliphatic rings. The summed E-state index contributed by atoms with van der Waals surface area (Å²) in [7, 11) is 1.62. The van der Waals surface area contributed by atoms with Crippen LogP contribution in [0.25, 0.3) is 0 Å². The van der Waals surface area contributed by atoms with Gasteiger partial charge >= 0.3 is 5.97 Å². The Hall–Kier alpha value is -2.13. The molecule has 2 amide bonds. The smallest absolute Gasteiger partial charge is 0.341 e. The van der Waals surface area contributed by atoms with Gasteiger partial charge in [-0.1, -0.05) is 29.3 Å². The Morgan fingerprint density at radius 2 is 1.68 bits per heavy atom. The van der Waals surface area contributed by atoms with Crippen LogP contribution in [-0.4, -0.2) is 49.4 Å². The summed E-state index contributed by atoms with van der Waals surface area (Å²) in [5, 5.41) is 8.04. The Bertz CT molecular complexity index is 852. The molecule has 0 spiro atoms. The van der Waals surface area contributed by atoms with Crippen molar-refractivity contribution in [3.63, 3.8) is 0 Å². The molecule has 0 saturated carbocycles. The largest absolute Gasteiger partial charge is 0.462 e. The van der Waals surface area contributed by atoms with Gasteiger partial charge in [0.2, 0.25) is 11.8 Å². The number of thiophene rings is 1. The van der Waals surface area contributed by atoms with Gasteiger partial charge in [0.25, 0.3) is 0 Å². The normalized spacial score (nSPS) is 10.6. The minimum Gasteiger partial charge on any atom is -0.462 e. The molecular weight excluding hydrogens is 425 g/mol. The van der Waals surface area contributed by atoms with E-state index < -0.39 is 5.97 Å². The third-order valence-corrected chi connectivity index (χ3v) is 4.93. The molecule has 7 nitrogen and oxygen atoms in total. The summed E-state index contributed by atoms with van der Waals surface area (Å²) in [4.78, 5) is 37.8. The lowest BCUT2D eigenvalue weighted by Crippen LogP contribution is -2.36. The maximum absolute atomic E-state index is 12.2. The number of nitrogens with zero attached hydrogens (tertiary/aromatic N) is 1. The van der Waals surface area contributed by atoms with Gasteiger partial charge in [-0.25, -0.2) is 4.79 Å². The van der Waals surface area contributed by atoms with E-state index in [9.17, 15) is 14.4 Å². The molecule has 2 aromatic rings. The van der Waals surface area contributed by atoms with Crippen molar-refractivity contribution in [3.8, 4) is 0 Å². The van der Waals surface area contributed by atoms with Crippen LogP contribution >= 0.6 is 34.5 Å². The standard InChI is InChI=1S/C18H19Cl2N3O4S/c1-3-27-18(26)11-7-8-28-17(11)22-15(25)10-23(2)9-14(24)21-16-12(19)5-4-6-13(16)20/h4-8H,3,9-10H2,1-2H3,(H,21,24)(H,22,25). The number of hydrogen-bond acceptors (Lipinski definition) is 6. The van der Waals surface area contributed by atoms with Crippen LogP contribution in [0.15, 0.2) is 29.6 Å². The van der Waals surface area contributed by atoms with Gasteiger partial charge < -0.3 is 15.4 Å². The molecule has 0 bridgehead atoms. The quantitative estimate of drug-likeness (QED) is 0.606. The Labute approximate surface area is 176 Å². The molecule has 150 valence electrons. The molecule has 0 aliphatic heterocycles. The number of carbonyl (C=O) groups is 3. The van der Waals surface area contributed by atoms with Gasteiger partial charge in [-0.15, -0.1) is 11.3 Å². The fourth-order valence-electron chi connectivity index (χ4n) is 2.28. The monoisotopic (exact) mass is 443 g/mol.